The Hall–Kier alpha value is -0.560. The van der Waals surface area contributed by atoms with Gasteiger partial charge in [0.1, 0.15) is 12.5 Å². The molecule has 1 aliphatic heterocycles. The Morgan fingerprint density at radius 3 is 2.25 bits per heavy atom. The van der Waals surface area contributed by atoms with E-state index >= 15 is 0 Å². The van der Waals surface area contributed by atoms with Crippen LogP contribution in [0.3, 0.4) is 0 Å². The van der Waals surface area contributed by atoms with Crippen LogP contribution in [0.2, 0.25) is 0 Å². The van der Waals surface area contributed by atoms with Crippen molar-refractivity contribution < 1.29 is 17.6 Å². The number of hydrogen-bond donors (Lipinski definition) is 1. The highest BCUT2D eigenvalue weighted by Gasteiger charge is 2.26. The highest BCUT2D eigenvalue weighted by Crippen LogP contribution is 2.26. The monoisotopic (exact) mass is 334 g/mol. The lowest BCUT2D eigenvalue weighted by Crippen LogP contribution is -2.46. The highest BCUT2D eigenvalue weighted by molar-refractivity contribution is 5.85. The van der Waals surface area contributed by atoms with Gasteiger partial charge in [0.05, 0.1) is 6.04 Å². The quantitative estimate of drug-likeness (QED) is 0.675. The zero-order valence-electron chi connectivity index (χ0n) is 10.5. The van der Waals surface area contributed by atoms with Crippen LogP contribution in [-0.4, -0.2) is 37.8 Å². The van der Waals surface area contributed by atoms with Crippen molar-refractivity contribution in [2.45, 2.75) is 6.04 Å². The molecule has 0 aromatic heterocycles. The summed E-state index contributed by atoms with van der Waals surface area (Å²) in [6.07, 6.45) is 0. The molecule has 116 valence electrons. The standard InChI is InChI=1S/C12H14F4N2.2ClH/c13-7-11(18-3-1-17-2-4-18)9-5-8(14)6-10(15)12(9)16;;/h5-6,11,17H,1-4,7H2;2*1H/t11-;;/m0../s1. The molecule has 1 atom stereocenters. The summed E-state index contributed by atoms with van der Waals surface area (Å²) in [6.45, 7) is 1.46. The molecular weight excluding hydrogens is 319 g/mol. The predicted molar refractivity (Wildman–Crippen MR) is 74.0 cm³/mol. The first-order valence-electron chi connectivity index (χ1n) is 5.78. The Morgan fingerprint density at radius 1 is 1.10 bits per heavy atom. The normalized spacial score (nSPS) is 17.0. The molecule has 2 rings (SSSR count). The van der Waals surface area contributed by atoms with Crippen molar-refractivity contribution in [1.29, 1.82) is 0 Å². The average molecular weight is 335 g/mol. The number of benzene rings is 1. The topological polar surface area (TPSA) is 15.3 Å². The molecule has 0 aliphatic carbocycles. The van der Waals surface area contributed by atoms with Gasteiger partial charge in [0, 0.05) is 37.8 Å². The molecule has 1 fully saturated rings. The van der Waals surface area contributed by atoms with Crippen LogP contribution in [0.5, 0.6) is 0 Å². The van der Waals surface area contributed by atoms with Crippen molar-refractivity contribution in [1.82, 2.24) is 10.2 Å². The van der Waals surface area contributed by atoms with Crippen molar-refractivity contribution in [2.24, 2.45) is 0 Å². The Morgan fingerprint density at radius 2 is 1.70 bits per heavy atom. The number of halogens is 6. The Balaban J connectivity index is 0.00000180. The summed E-state index contributed by atoms with van der Waals surface area (Å²) in [4.78, 5) is 1.69. The van der Waals surface area contributed by atoms with Gasteiger partial charge in [-0.1, -0.05) is 0 Å². The van der Waals surface area contributed by atoms with Crippen LogP contribution in [0.25, 0.3) is 0 Å². The molecule has 1 N–H and O–H groups in total. The molecule has 1 aliphatic rings. The molecule has 0 radical (unpaired) electrons. The van der Waals surface area contributed by atoms with Gasteiger partial charge in [-0.15, -0.1) is 24.8 Å². The minimum Gasteiger partial charge on any atom is -0.314 e. The van der Waals surface area contributed by atoms with Crippen LogP contribution in [0.4, 0.5) is 17.6 Å². The second-order valence-electron chi connectivity index (χ2n) is 4.25. The van der Waals surface area contributed by atoms with E-state index in [1.165, 1.54) is 0 Å². The number of nitrogens with zero attached hydrogens (tertiary/aromatic N) is 1. The lowest BCUT2D eigenvalue weighted by Gasteiger charge is -2.33. The number of piperazine rings is 1. The first-order chi connectivity index (χ1) is 8.63. The summed E-state index contributed by atoms with van der Waals surface area (Å²) >= 11 is 0. The average Bonchev–Trinajstić information content (AvgIpc) is 2.37. The summed E-state index contributed by atoms with van der Waals surface area (Å²) in [6, 6.07) is 0.397. The molecule has 1 aromatic rings. The second-order valence-corrected chi connectivity index (χ2v) is 4.25. The van der Waals surface area contributed by atoms with Crippen molar-refractivity contribution in [3.8, 4) is 0 Å². The molecule has 0 saturated carbocycles. The fourth-order valence-corrected chi connectivity index (χ4v) is 2.19. The minimum absolute atomic E-state index is 0. The van der Waals surface area contributed by atoms with E-state index in [1.807, 2.05) is 0 Å². The Bertz CT molecular complexity index is 428. The maximum atomic E-state index is 13.6. The van der Waals surface area contributed by atoms with Gasteiger partial charge in [0.25, 0.3) is 0 Å². The number of rotatable bonds is 3. The smallest absolute Gasteiger partial charge is 0.163 e. The fraction of sp³-hybridized carbons (Fsp3) is 0.500. The molecule has 2 nitrogen and oxygen atoms in total. The van der Waals surface area contributed by atoms with Gasteiger partial charge in [0.2, 0.25) is 0 Å². The number of hydrogen-bond acceptors (Lipinski definition) is 2. The van der Waals surface area contributed by atoms with E-state index in [9.17, 15) is 17.6 Å². The Labute approximate surface area is 127 Å². The molecule has 1 saturated heterocycles. The van der Waals surface area contributed by atoms with Crippen LogP contribution < -0.4 is 5.32 Å². The van der Waals surface area contributed by atoms with E-state index in [1.54, 1.807) is 4.90 Å². The predicted octanol–water partition coefficient (Wildman–Crippen LogP) is 2.86. The number of alkyl halides is 1. The second kappa shape index (κ2) is 8.67. The fourth-order valence-electron chi connectivity index (χ4n) is 2.19. The molecule has 1 aromatic carbocycles. The highest BCUT2D eigenvalue weighted by atomic mass is 35.5. The number of nitrogens with one attached hydrogen (secondary N) is 1. The van der Waals surface area contributed by atoms with Crippen LogP contribution in [0.1, 0.15) is 11.6 Å². The molecule has 0 unspecified atom stereocenters. The van der Waals surface area contributed by atoms with Crippen molar-refractivity contribution in [3.05, 3.63) is 35.1 Å². The molecule has 0 bridgehead atoms. The third kappa shape index (κ3) is 4.22. The van der Waals surface area contributed by atoms with Gasteiger partial charge < -0.3 is 5.32 Å². The summed E-state index contributed by atoms with van der Waals surface area (Å²) in [5, 5.41) is 3.08. The van der Waals surface area contributed by atoms with Gasteiger partial charge >= 0.3 is 0 Å². The Kier molecular flexibility index (Phi) is 8.42. The lowest BCUT2D eigenvalue weighted by molar-refractivity contribution is 0.143. The first kappa shape index (κ1) is 19.4. The van der Waals surface area contributed by atoms with Gasteiger partial charge in [-0.25, -0.2) is 17.6 Å². The first-order valence-corrected chi connectivity index (χ1v) is 5.78. The summed E-state index contributed by atoms with van der Waals surface area (Å²) in [5.74, 6) is -3.34. The van der Waals surface area contributed by atoms with Crippen LogP contribution in [0.15, 0.2) is 12.1 Å². The molecule has 20 heavy (non-hydrogen) atoms. The maximum Gasteiger partial charge on any atom is 0.163 e. The van der Waals surface area contributed by atoms with Crippen LogP contribution in [-0.2, 0) is 0 Å². The maximum absolute atomic E-state index is 13.6. The molecule has 0 amide bonds. The van der Waals surface area contributed by atoms with E-state index in [2.05, 4.69) is 5.32 Å². The van der Waals surface area contributed by atoms with E-state index < -0.39 is 30.2 Å². The summed E-state index contributed by atoms with van der Waals surface area (Å²) in [5.41, 5.74) is -0.253. The van der Waals surface area contributed by atoms with Gasteiger partial charge in [-0.3, -0.25) is 4.90 Å². The molecular formula is C12H16Cl2F4N2. The SMILES string of the molecule is Cl.Cl.FC[C@@H](c1cc(F)cc(F)c1F)N1CCNCC1. The van der Waals surface area contributed by atoms with Gasteiger partial charge in [0.15, 0.2) is 11.6 Å². The largest absolute Gasteiger partial charge is 0.314 e. The third-order valence-corrected chi connectivity index (χ3v) is 3.12. The van der Waals surface area contributed by atoms with Gasteiger partial charge in [-0.2, -0.15) is 0 Å². The van der Waals surface area contributed by atoms with E-state index in [-0.39, 0.29) is 30.4 Å². The van der Waals surface area contributed by atoms with E-state index in [0.29, 0.717) is 32.2 Å². The zero-order valence-corrected chi connectivity index (χ0v) is 12.2. The van der Waals surface area contributed by atoms with Gasteiger partial charge in [-0.05, 0) is 6.07 Å². The van der Waals surface area contributed by atoms with Crippen molar-refractivity contribution >= 4 is 24.8 Å². The van der Waals surface area contributed by atoms with Crippen molar-refractivity contribution in [3.63, 3.8) is 0 Å². The summed E-state index contributed by atoms with van der Waals surface area (Å²) in [7, 11) is 0. The van der Waals surface area contributed by atoms with Crippen LogP contribution >= 0.6 is 24.8 Å². The molecule has 8 heteroatoms. The summed E-state index contributed by atoms with van der Waals surface area (Å²) < 4.78 is 53.0. The minimum atomic E-state index is -1.28. The van der Waals surface area contributed by atoms with Crippen LogP contribution in [0, 0.1) is 17.5 Å². The van der Waals surface area contributed by atoms with E-state index in [4.69, 9.17) is 0 Å². The molecule has 0 spiro atoms. The zero-order chi connectivity index (χ0) is 13.1. The van der Waals surface area contributed by atoms with E-state index in [0.717, 1.165) is 6.07 Å². The molecule has 1 heterocycles. The third-order valence-electron chi connectivity index (χ3n) is 3.12. The van der Waals surface area contributed by atoms with Crippen molar-refractivity contribution in [2.75, 3.05) is 32.9 Å². The lowest BCUT2D eigenvalue weighted by atomic mass is 10.0.